The first-order valence-corrected chi connectivity index (χ1v) is 9.51. The zero-order chi connectivity index (χ0) is 19.1. The van der Waals surface area contributed by atoms with Crippen molar-refractivity contribution < 1.29 is 14.3 Å². The predicted octanol–water partition coefficient (Wildman–Crippen LogP) is 3.04. The predicted molar refractivity (Wildman–Crippen MR) is 106 cm³/mol. The summed E-state index contributed by atoms with van der Waals surface area (Å²) < 4.78 is 11.3. The van der Waals surface area contributed by atoms with E-state index in [1.807, 2.05) is 19.1 Å². The number of amides is 1. The van der Waals surface area contributed by atoms with E-state index in [9.17, 15) is 4.79 Å². The first-order valence-electron chi connectivity index (χ1n) is 9.13. The number of nitrogens with zero attached hydrogens (tertiary/aromatic N) is 1. The Morgan fingerprint density at radius 1 is 1.30 bits per heavy atom. The van der Waals surface area contributed by atoms with Gasteiger partial charge in [-0.3, -0.25) is 9.69 Å². The van der Waals surface area contributed by atoms with E-state index in [0.717, 1.165) is 25.2 Å². The molecular weight excluding hydrogens is 364 g/mol. The molecule has 3 rings (SSSR count). The van der Waals surface area contributed by atoms with Gasteiger partial charge in [-0.25, -0.2) is 0 Å². The number of ether oxygens (including phenoxy) is 2. The fourth-order valence-corrected chi connectivity index (χ4v) is 3.14. The third kappa shape index (κ3) is 6.24. The lowest BCUT2D eigenvalue weighted by Gasteiger charge is -2.33. The van der Waals surface area contributed by atoms with Gasteiger partial charge < -0.3 is 14.8 Å². The van der Waals surface area contributed by atoms with Crippen LogP contribution >= 0.6 is 11.6 Å². The SMILES string of the molecule is Cc1cc(OCC(=O)NCC2CN(Cc3ccccc3)CCO2)ccc1Cl. The molecule has 0 saturated carbocycles. The van der Waals surface area contributed by atoms with E-state index in [-0.39, 0.29) is 18.6 Å². The standard InChI is InChI=1S/C21H25ClN2O3/c1-16-11-18(7-8-20(16)22)27-15-21(25)23-12-19-14-24(9-10-26-19)13-17-5-3-2-4-6-17/h2-8,11,19H,9-10,12-15H2,1H3,(H,23,25). The highest BCUT2D eigenvalue weighted by atomic mass is 35.5. The lowest BCUT2D eigenvalue weighted by Crippen LogP contribution is -2.47. The summed E-state index contributed by atoms with van der Waals surface area (Å²) in [4.78, 5) is 14.4. The molecule has 1 atom stereocenters. The van der Waals surface area contributed by atoms with E-state index in [4.69, 9.17) is 21.1 Å². The number of halogens is 1. The van der Waals surface area contributed by atoms with Crippen LogP contribution in [0.3, 0.4) is 0 Å². The molecule has 0 aliphatic carbocycles. The molecule has 0 bridgehead atoms. The van der Waals surface area contributed by atoms with Crippen LogP contribution in [-0.4, -0.2) is 49.8 Å². The smallest absolute Gasteiger partial charge is 0.258 e. The number of benzene rings is 2. The quantitative estimate of drug-likeness (QED) is 0.792. The summed E-state index contributed by atoms with van der Waals surface area (Å²) in [6, 6.07) is 15.7. The molecule has 0 aromatic heterocycles. The molecule has 6 heteroatoms. The molecule has 5 nitrogen and oxygen atoms in total. The van der Waals surface area contributed by atoms with Gasteiger partial charge in [-0.05, 0) is 36.2 Å². The molecule has 0 spiro atoms. The average molecular weight is 389 g/mol. The van der Waals surface area contributed by atoms with Crippen molar-refractivity contribution in [1.82, 2.24) is 10.2 Å². The maximum Gasteiger partial charge on any atom is 0.258 e. The zero-order valence-electron chi connectivity index (χ0n) is 15.5. The Morgan fingerprint density at radius 3 is 2.89 bits per heavy atom. The molecule has 1 amide bonds. The van der Waals surface area contributed by atoms with E-state index in [1.165, 1.54) is 5.56 Å². The summed E-state index contributed by atoms with van der Waals surface area (Å²) in [6.45, 7) is 5.62. The normalized spacial score (nSPS) is 17.5. The third-order valence-corrected chi connectivity index (χ3v) is 4.92. The molecule has 1 heterocycles. The van der Waals surface area contributed by atoms with E-state index in [2.05, 4.69) is 34.5 Å². The number of hydrogen-bond acceptors (Lipinski definition) is 4. The summed E-state index contributed by atoms with van der Waals surface area (Å²) >= 11 is 5.99. The second-order valence-corrected chi connectivity index (χ2v) is 7.12. The fraction of sp³-hybridized carbons (Fsp3) is 0.381. The Hall–Kier alpha value is -2.08. The topological polar surface area (TPSA) is 50.8 Å². The van der Waals surface area contributed by atoms with Crippen molar-refractivity contribution in [2.75, 3.05) is 32.8 Å². The van der Waals surface area contributed by atoms with Gasteiger partial charge in [0.1, 0.15) is 5.75 Å². The van der Waals surface area contributed by atoms with Crippen molar-refractivity contribution in [3.05, 3.63) is 64.7 Å². The van der Waals surface area contributed by atoms with E-state index in [0.29, 0.717) is 23.9 Å². The number of aryl methyl sites for hydroxylation is 1. The summed E-state index contributed by atoms with van der Waals surface area (Å²) in [5, 5.41) is 3.57. The molecule has 1 aliphatic heterocycles. The lowest BCUT2D eigenvalue weighted by molar-refractivity contribution is -0.124. The van der Waals surface area contributed by atoms with Crippen LogP contribution < -0.4 is 10.1 Å². The van der Waals surface area contributed by atoms with Crippen LogP contribution in [0.4, 0.5) is 0 Å². The minimum atomic E-state index is -0.161. The van der Waals surface area contributed by atoms with Crippen molar-refractivity contribution in [2.24, 2.45) is 0 Å². The second-order valence-electron chi connectivity index (χ2n) is 6.72. The number of carbonyl (C=O) groups is 1. The van der Waals surface area contributed by atoms with Crippen molar-refractivity contribution in [3.63, 3.8) is 0 Å². The largest absolute Gasteiger partial charge is 0.484 e. The molecule has 1 saturated heterocycles. The Balaban J connectivity index is 1.39. The van der Waals surface area contributed by atoms with Crippen molar-refractivity contribution in [1.29, 1.82) is 0 Å². The maximum atomic E-state index is 12.1. The van der Waals surface area contributed by atoms with Gasteiger partial charge in [0.05, 0.1) is 12.7 Å². The Morgan fingerprint density at radius 2 is 2.11 bits per heavy atom. The summed E-state index contributed by atoms with van der Waals surface area (Å²) in [6.07, 6.45) is -0.0100. The number of hydrogen-bond donors (Lipinski definition) is 1. The highest BCUT2D eigenvalue weighted by Gasteiger charge is 2.21. The van der Waals surface area contributed by atoms with Crippen LogP contribution in [0.15, 0.2) is 48.5 Å². The van der Waals surface area contributed by atoms with Crippen molar-refractivity contribution >= 4 is 17.5 Å². The monoisotopic (exact) mass is 388 g/mol. The maximum absolute atomic E-state index is 12.1. The van der Waals surface area contributed by atoms with Gasteiger partial charge in [-0.2, -0.15) is 0 Å². The zero-order valence-corrected chi connectivity index (χ0v) is 16.2. The van der Waals surface area contributed by atoms with Crippen LogP contribution in [0.25, 0.3) is 0 Å². The van der Waals surface area contributed by atoms with Crippen LogP contribution in [-0.2, 0) is 16.1 Å². The molecule has 1 aliphatic rings. The number of morpholine rings is 1. The van der Waals surface area contributed by atoms with Crippen LogP contribution in [0.5, 0.6) is 5.75 Å². The Kier molecular flexibility index (Phi) is 7.10. The average Bonchev–Trinajstić information content (AvgIpc) is 2.68. The van der Waals surface area contributed by atoms with Gasteiger partial charge in [0.15, 0.2) is 6.61 Å². The van der Waals surface area contributed by atoms with Gasteiger partial charge in [-0.15, -0.1) is 0 Å². The summed E-state index contributed by atoms with van der Waals surface area (Å²) in [5.74, 6) is 0.474. The first kappa shape index (κ1) is 19.7. The van der Waals surface area contributed by atoms with Gasteiger partial charge in [0, 0.05) is 31.2 Å². The Labute approximate surface area is 165 Å². The Bertz CT molecular complexity index is 754. The highest BCUT2D eigenvalue weighted by molar-refractivity contribution is 6.31. The number of rotatable bonds is 7. The van der Waals surface area contributed by atoms with Crippen molar-refractivity contribution in [3.8, 4) is 5.75 Å². The molecule has 27 heavy (non-hydrogen) atoms. The third-order valence-electron chi connectivity index (χ3n) is 4.50. The summed E-state index contributed by atoms with van der Waals surface area (Å²) in [7, 11) is 0. The molecule has 144 valence electrons. The molecule has 2 aromatic rings. The van der Waals surface area contributed by atoms with E-state index in [1.54, 1.807) is 12.1 Å². The molecule has 1 fully saturated rings. The molecule has 0 radical (unpaired) electrons. The molecule has 2 aromatic carbocycles. The molecule has 1 N–H and O–H groups in total. The number of nitrogens with one attached hydrogen (secondary N) is 1. The van der Waals surface area contributed by atoms with Gasteiger partial charge in [0.2, 0.25) is 0 Å². The minimum Gasteiger partial charge on any atom is -0.484 e. The van der Waals surface area contributed by atoms with Crippen molar-refractivity contribution in [2.45, 2.75) is 19.6 Å². The second kappa shape index (κ2) is 9.74. The number of carbonyl (C=O) groups excluding carboxylic acids is 1. The highest BCUT2D eigenvalue weighted by Crippen LogP contribution is 2.20. The minimum absolute atomic E-state index is 0.0100. The van der Waals surface area contributed by atoms with Crippen LogP contribution in [0.1, 0.15) is 11.1 Å². The summed E-state index contributed by atoms with van der Waals surface area (Å²) in [5.41, 5.74) is 2.21. The fourth-order valence-electron chi connectivity index (χ4n) is 3.02. The van der Waals surface area contributed by atoms with Crippen LogP contribution in [0.2, 0.25) is 5.02 Å². The van der Waals surface area contributed by atoms with Gasteiger partial charge >= 0.3 is 0 Å². The van der Waals surface area contributed by atoms with E-state index >= 15 is 0 Å². The van der Waals surface area contributed by atoms with Crippen LogP contribution in [0, 0.1) is 6.92 Å². The van der Waals surface area contributed by atoms with Gasteiger partial charge in [0.25, 0.3) is 5.91 Å². The van der Waals surface area contributed by atoms with E-state index < -0.39 is 0 Å². The van der Waals surface area contributed by atoms with Gasteiger partial charge in [-0.1, -0.05) is 41.9 Å². The molecule has 1 unspecified atom stereocenters. The lowest BCUT2D eigenvalue weighted by atomic mass is 10.2. The molecular formula is C21H25ClN2O3. The first-order chi connectivity index (χ1) is 13.1.